The molecule has 4 aromatic heterocycles. The van der Waals surface area contributed by atoms with E-state index in [1.54, 1.807) is 15.8 Å². The Morgan fingerprint density at radius 1 is 0.676 bits per heavy atom. The van der Waals surface area contributed by atoms with Gasteiger partial charge in [0.25, 0.3) is 11.8 Å². The second-order valence-electron chi connectivity index (χ2n) is 18.3. The number of benzene rings is 2. The number of carbonyl (C=O) groups excluding carboxylic acids is 4. The molecular formula is C47H47BrF4N14O4Si. The van der Waals surface area contributed by atoms with Crippen LogP contribution in [0.5, 0.6) is 0 Å². The molecule has 0 unspecified atom stereocenters. The number of likely N-dealkylation sites (tertiary alicyclic amines) is 2. The fourth-order valence-electron chi connectivity index (χ4n) is 7.90. The number of halogens is 5. The normalized spacial score (nSPS) is 15.5. The molecular weight excluding hydrogens is 1010 g/mol. The number of hydrogen-bond acceptors (Lipinski definition) is 10. The van der Waals surface area contributed by atoms with Crippen LogP contribution in [-0.2, 0) is 9.59 Å². The molecule has 71 heavy (non-hydrogen) atoms. The molecule has 6 aromatic rings. The van der Waals surface area contributed by atoms with Gasteiger partial charge in [-0.25, -0.2) is 36.9 Å². The van der Waals surface area contributed by atoms with Crippen molar-refractivity contribution in [3.05, 3.63) is 106 Å². The summed E-state index contributed by atoms with van der Waals surface area (Å²) >= 11 is 3.14. The van der Waals surface area contributed by atoms with Gasteiger partial charge in [0.15, 0.2) is 17.3 Å². The van der Waals surface area contributed by atoms with Gasteiger partial charge in [-0.2, -0.15) is 10.2 Å². The maximum absolute atomic E-state index is 15.0. The molecule has 0 radical (unpaired) electrons. The molecule has 4 fully saturated rings. The van der Waals surface area contributed by atoms with E-state index in [1.807, 2.05) is 24.2 Å². The fraction of sp³-hybridized carbons (Fsp3) is 0.319. The number of nitrogen functional groups attached to an aromatic ring is 2. The summed E-state index contributed by atoms with van der Waals surface area (Å²) in [5.41, 5.74) is 26.0. The minimum absolute atomic E-state index is 0.0224. The maximum atomic E-state index is 15.0. The van der Waals surface area contributed by atoms with Crippen LogP contribution < -0.4 is 22.9 Å². The van der Waals surface area contributed by atoms with Crippen molar-refractivity contribution in [3.8, 4) is 23.3 Å². The Hall–Kier alpha value is -7.70. The number of nitrogens with two attached hydrogens (primary N) is 4. The number of primary amides is 2. The van der Waals surface area contributed by atoms with Crippen LogP contribution in [0.3, 0.4) is 0 Å². The third-order valence-corrected chi connectivity index (χ3v) is 13.4. The summed E-state index contributed by atoms with van der Waals surface area (Å²) in [6.45, 7) is 14.6. The Bertz CT molecular complexity index is 3350. The third kappa shape index (κ3) is 9.89. The SMILES string of the molecule is C=CC(=O)N1CC(n2nc(Br)c(C(N)=O)c2N)C1.C=CC(=O)N1CC(n2nc(C#Cc3c(F)cc4c(ncn4C4CC4)c3F)c(C(N)=O)c2N)C1.C[Si](C)(C)C#Cc1c(F)cc2c(ncn2C2CC2)c1F. The first-order valence-corrected chi connectivity index (χ1v) is 26.5. The number of aromatic nitrogens is 8. The summed E-state index contributed by atoms with van der Waals surface area (Å²) in [6, 6.07) is 2.78. The van der Waals surface area contributed by atoms with E-state index >= 15 is 4.39 Å². The van der Waals surface area contributed by atoms with E-state index in [1.165, 1.54) is 44.9 Å². The predicted octanol–water partition coefficient (Wildman–Crippen LogP) is 5.27. The lowest BCUT2D eigenvalue weighted by Crippen LogP contribution is -2.50. The lowest BCUT2D eigenvalue weighted by molar-refractivity contribution is -0.132. The van der Waals surface area contributed by atoms with Gasteiger partial charge in [0.05, 0.1) is 46.9 Å². The summed E-state index contributed by atoms with van der Waals surface area (Å²) in [5.74, 6) is 2.98. The van der Waals surface area contributed by atoms with Crippen molar-refractivity contribution in [2.75, 3.05) is 37.6 Å². The minimum Gasteiger partial charge on any atom is -0.383 e. The number of nitrogens with zero attached hydrogens (tertiary/aromatic N) is 10. The molecule has 4 aliphatic rings. The monoisotopic (exact) mass is 1050 g/mol. The Balaban J connectivity index is 0.000000153. The van der Waals surface area contributed by atoms with Gasteiger partial charge in [-0.3, -0.25) is 19.2 Å². The molecule has 2 saturated heterocycles. The molecule has 0 bridgehead atoms. The zero-order chi connectivity index (χ0) is 51.4. The molecule has 0 atom stereocenters. The summed E-state index contributed by atoms with van der Waals surface area (Å²) in [4.78, 5) is 57.4. The Morgan fingerprint density at radius 2 is 1.10 bits per heavy atom. The van der Waals surface area contributed by atoms with Gasteiger partial charge >= 0.3 is 0 Å². The van der Waals surface area contributed by atoms with Crippen molar-refractivity contribution in [2.24, 2.45) is 11.5 Å². The number of amides is 4. The molecule has 2 aliphatic carbocycles. The van der Waals surface area contributed by atoms with E-state index in [-0.39, 0.29) is 75.0 Å². The number of fused-ring (bicyclic) bond motifs is 2. The molecule has 24 heteroatoms. The molecule has 8 N–H and O–H groups in total. The highest BCUT2D eigenvalue weighted by atomic mass is 79.9. The molecule has 10 rings (SSSR count). The number of carbonyl (C=O) groups is 4. The second kappa shape index (κ2) is 19.2. The Kier molecular flexibility index (Phi) is 13.5. The minimum atomic E-state index is -1.68. The van der Waals surface area contributed by atoms with E-state index in [4.69, 9.17) is 22.9 Å². The van der Waals surface area contributed by atoms with Crippen molar-refractivity contribution in [1.29, 1.82) is 0 Å². The van der Waals surface area contributed by atoms with E-state index in [2.05, 4.69) is 72.6 Å². The standard InChI is InChI=1S/C22H19F2N7O2.C15H16F2N2Si.C10H12BrN5O2/c1-2-17(32)29-8-12(9-29)31-21(25)18(22(26)33)15(28-31)6-5-13-14(23)7-16-20(19(13)24)27-10-30(16)11-3-4-11;1-20(2,3)7-6-11-12(16)8-13-15(14(11)17)18-9-19(13)10-4-5-10;1-2-6(17)15-3-5(4-15)16-9(12)7(10(13)18)8(11)14-16/h2,7,10-12H,1,3-4,8-9,25H2,(H2,26,33);8-10H,4-5H2,1-3H3;2,5H,1,3-4,12H2,(H2,13,18). The first kappa shape index (κ1) is 49.7. The fourth-order valence-corrected chi connectivity index (χ4v) is 8.97. The lowest BCUT2D eigenvalue weighted by Gasteiger charge is -2.38. The van der Waals surface area contributed by atoms with Crippen LogP contribution in [-0.4, -0.2) is 106 Å². The molecule has 368 valence electrons. The smallest absolute Gasteiger partial charge is 0.255 e. The van der Waals surface area contributed by atoms with Crippen LogP contribution in [0.25, 0.3) is 22.1 Å². The Labute approximate surface area is 412 Å². The number of rotatable bonds is 8. The van der Waals surface area contributed by atoms with Crippen molar-refractivity contribution < 1.29 is 36.7 Å². The molecule has 2 aliphatic heterocycles. The van der Waals surface area contributed by atoms with Gasteiger partial charge in [0.1, 0.15) is 58.1 Å². The van der Waals surface area contributed by atoms with Crippen molar-refractivity contribution in [3.63, 3.8) is 0 Å². The summed E-state index contributed by atoms with van der Waals surface area (Å²) in [7, 11) is -1.68. The second-order valence-corrected chi connectivity index (χ2v) is 23.8. The van der Waals surface area contributed by atoms with Gasteiger partial charge in [0.2, 0.25) is 11.8 Å². The van der Waals surface area contributed by atoms with Crippen LogP contribution >= 0.6 is 15.9 Å². The molecule has 6 heterocycles. The van der Waals surface area contributed by atoms with Gasteiger partial charge < -0.3 is 41.9 Å². The summed E-state index contributed by atoms with van der Waals surface area (Å²) in [5, 5.41) is 8.35. The van der Waals surface area contributed by atoms with Gasteiger partial charge in [-0.1, -0.05) is 44.6 Å². The molecule has 0 spiro atoms. The molecule has 4 amide bonds. The topological polar surface area (TPSA) is 250 Å². The van der Waals surface area contributed by atoms with Gasteiger partial charge in [-0.15, -0.1) is 5.54 Å². The summed E-state index contributed by atoms with van der Waals surface area (Å²) < 4.78 is 65.1. The first-order chi connectivity index (χ1) is 33.6. The number of hydrogen-bond donors (Lipinski definition) is 4. The lowest BCUT2D eigenvalue weighted by atomic mass is 10.1. The van der Waals surface area contributed by atoms with E-state index in [0.29, 0.717) is 47.9 Å². The third-order valence-electron chi connectivity index (χ3n) is 12.0. The highest BCUT2D eigenvalue weighted by Gasteiger charge is 2.36. The first-order valence-electron chi connectivity index (χ1n) is 22.2. The van der Waals surface area contributed by atoms with E-state index in [0.717, 1.165) is 25.7 Å². The van der Waals surface area contributed by atoms with Crippen LogP contribution in [0.4, 0.5) is 29.2 Å². The van der Waals surface area contributed by atoms with Gasteiger partial charge in [-0.05, 0) is 59.7 Å². The van der Waals surface area contributed by atoms with Crippen molar-refractivity contribution in [2.45, 2.75) is 69.5 Å². The highest BCUT2D eigenvalue weighted by molar-refractivity contribution is 9.10. The zero-order valence-corrected chi connectivity index (χ0v) is 41.2. The largest absolute Gasteiger partial charge is 0.383 e. The highest BCUT2D eigenvalue weighted by Crippen LogP contribution is 2.39. The average Bonchev–Trinajstić information content (AvgIpc) is 4.17. The van der Waals surface area contributed by atoms with Crippen molar-refractivity contribution >= 4 is 81.3 Å². The van der Waals surface area contributed by atoms with Crippen LogP contribution in [0.1, 0.15) is 87.4 Å². The molecule has 18 nitrogen and oxygen atoms in total. The maximum Gasteiger partial charge on any atom is 0.255 e. The average molecular weight is 1060 g/mol. The Morgan fingerprint density at radius 3 is 1.49 bits per heavy atom. The van der Waals surface area contributed by atoms with Crippen LogP contribution in [0, 0.1) is 46.6 Å². The number of anilines is 2. The van der Waals surface area contributed by atoms with Crippen LogP contribution in [0.15, 0.2) is 54.7 Å². The van der Waals surface area contributed by atoms with E-state index in [9.17, 15) is 32.3 Å². The number of imidazole rings is 2. The quantitative estimate of drug-likeness (QED) is 0.0665. The van der Waals surface area contributed by atoms with E-state index < -0.39 is 48.7 Å². The van der Waals surface area contributed by atoms with Crippen molar-refractivity contribution in [1.82, 2.24) is 48.5 Å². The molecule has 2 aromatic carbocycles. The summed E-state index contributed by atoms with van der Waals surface area (Å²) in [6.07, 6.45) is 9.52. The predicted molar refractivity (Wildman–Crippen MR) is 262 cm³/mol. The van der Waals surface area contributed by atoms with Crippen LogP contribution in [0.2, 0.25) is 19.6 Å². The van der Waals surface area contributed by atoms with Gasteiger partial charge in [0, 0.05) is 50.4 Å². The molecule has 2 saturated carbocycles. The zero-order valence-electron chi connectivity index (χ0n) is 38.6.